The molecule has 0 aliphatic heterocycles. The van der Waals surface area contributed by atoms with Crippen LogP contribution in [0.3, 0.4) is 0 Å². The molecule has 0 heterocycles. The molecule has 0 radical (unpaired) electrons. The first-order valence-electron chi connectivity index (χ1n) is 5.32. The Morgan fingerprint density at radius 2 is 1.94 bits per heavy atom. The van der Waals surface area contributed by atoms with Gasteiger partial charge in [0.1, 0.15) is 0 Å². The van der Waals surface area contributed by atoms with Gasteiger partial charge in [0.15, 0.2) is 0 Å². The largest absolute Gasteiger partial charge is 0.416 e. The number of aryl methyl sites for hydroxylation is 1. The van der Waals surface area contributed by atoms with Crippen molar-refractivity contribution in [1.82, 2.24) is 5.32 Å². The van der Waals surface area contributed by atoms with E-state index in [0.29, 0.717) is 11.1 Å². The Morgan fingerprint density at radius 3 is 2.50 bits per heavy atom. The predicted octanol–water partition coefficient (Wildman–Crippen LogP) is 3.51. The van der Waals surface area contributed by atoms with Crippen molar-refractivity contribution in [1.29, 1.82) is 0 Å². The van der Waals surface area contributed by atoms with Crippen LogP contribution in [0.4, 0.5) is 13.2 Å². The summed E-state index contributed by atoms with van der Waals surface area (Å²) >= 11 is 0. The summed E-state index contributed by atoms with van der Waals surface area (Å²) < 4.78 is 38.1. The Kier molecular flexibility index (Phi) is 4.35. The van der Waals surface area contributed by atoms with E-state index in [1.807, 2.05) is 6.92 Å². The lowest BCUT2D eigenvalue weighted by Gasteiger charge is -2.14. The molecule has 0 aromatic heterocycles. The summed E-state index contributed by atoms with van der Waals surface area (Å²) in [7, 11) is 0. The number of hydrogen-bond donors (Lipinski definition) is 1. The van der Waals surface area contributed by atoms with Crippen LogP contribution in [0.2, 0.25) is 0 Å². The van der Waals surface area contributed by atoms with Gasteiger partial charge in [-0.3, -0.25) is 0 Å². The smallest absolute Gasteiger partial charge is 0.313 e. The second-order valence-corrected chi connectivity index (χ2v) is 3.84. The highest BCUT2D eigenvalue weighted by Crippen LogP contribution is 2.32. The maximum absolute atomic E-state index is 12.7. The summed E-state index contributed by atoms with van der Waals surface area (Å²) in [6.07, 6.45) is -3.36. The number of alkyl halides is 3. The van der Waals surface area contributed by atoms with Gasteiger partial charge in [-0.05, 0) is 31.5 Å². The molecule has 16 heavy (non-hydrogen) atoms. The van der Waals surface area contributed by atoms with Gasteiger partial charge in [0.2, 0.25) is 0 Å². The van der Waals surface area contributed by atoms with Crippen LogP contribution in [-0.4, -0.2) is 6.54 Å². The summed E-state index contributed by atoms with van der Waals surface area (Å²) in [4.78, 5) is 0. The maximum atomic E-state index is 12.7. The molecule has 1 N–H and O–H groups in total. The lowest BCUT2D eigenvalue weighted by molar-refractivity contribution is -0.138. The third kappa shape index (κ3) is 3.52. The lowest BCUT2D eigenvalue weighted by atomic mass is 10.0. The van der Waals surface area contributed by atoms with Gasteiger partial charge in [0.05, 0.1) is 5.56 Å². The molecule has 0 aliphatic carbocycles. The molecule has 0 saturated carbocycles. The van der Waals surface area contributed by atoms with Gasteiger partial charge in [0, 0.05) is 6.54 Å². The molecule has 1 aromatic carbocycles. The number of nitrogens with one attached hydrogen (secondary N) is 1. The molecule has 0 aliphatic rings. The zero-order chi connectivity index (χ0) is 12.2. The van der Waals surface area contributed by atoms with E-state index >= 15 is 0 Å². The topological polar surface area (TPSA) is 12.0 Å². The van der Waals surface area contributed by atoms with Gasteiger partial charge in [0.25, 0.3) is 0 Å². The molecule has 0 bridgehead atoms. The number of benzene rings is 1. The zero-order valence-electron chi connectivity index (χ0n) is 9.49. The van der Waals surface area contributed by atoms with E-state index in [9.17, 15) is 13.2 Å². The third-order valence-corrected chi connectivity index (χ3v) is 2.31. The molecule has 4 heteroatoms. The summed E-state index contributed by atoms with van der Waals surface area (Å²) in [5, 5.41) is 2.98. The molecule has 0 amide bonds. The fourth-order valence-electron chi connectivity index (χ4n) is 1.51. The predicted molar refractivity (Wildman–Crippen MR) is 58.2 cm³/mol. The Hall–Kier alpha value is -1.03. The summed E-state index contributed by atoms with van der Waals surface area (Å²) in [5.41, 5.74) is 0.411. The van der Waals surface area contributed by atoms with Crippen LogP contribution in [0.1, 0.15) is 30.0 Å². The Morgan fingerprint density at radius 1 is 1.25 bits per heavy atom. The van der Waals surface area contributed by atoms with Gasteiger partial charge in [-0.1, -0.05) is 24.6 Å². The first kappa shape index (κ1) is 13.0. The number of rotatable bonds is 4. The second kappa shape index (κ2) is 5.34. The van der Waals surface area contributed by atoms with Crippen molar-refractivity contribution < 1.29 is 13.2 Å². The van der Waals surface area contributed by atoms with Gasteiger partial charge >= 0.3 is 6.18 Å². The quantitative estimate of drug-likeness (QED) is 0.782. The van der Waals surface area contributed by atoms with Crippen LogP contribution in [0.15, 0.2) is 18.2 Å². The maximum Gasteiger partial charge on any atom is 0.416 e. The molecule has 0 fully saturated rings. The highest BCUT2D eigenvalue weighted by atomic mass is 19.4. The van der Waals surface area contributed by atoms with E-state index in [2.05, 4.69) is 5.32 Å². The van der Waals surface area contributed by atoms with Gasteiger partial charge in [-0.2, -0.15) is 13.2 Å². The molecule has 1 nitrogen and oxygen atoms in total. The summed E-state index contributed by atoms with van der Waals surface area (Å²) in [5.74, 6) is 0. The first-order chi connectivity index (χ1) is 7.45. The fourth-order valence-corrected chi connectivity index (χ4v) is 1.51. The van der Waals surface area contributed by atoms with Crippen molar-refractivity contribution in [2.75, 3.05) is 6.54 Å². The molecular weight excluding hydrogens is 215 g/mol. The molecule has 0 unspecified atom stereocenters. The molecule has 0 spiro atoms. The van der Waals surface area contributed by atoms with Gasteiger partial charge in [-0.15, -0.1) is 0 Å². The standard InChI is InChI=1S/C12H16F3N/c1-3-6-16-8-10-5-4-9(2)7-11(10)12(13,14)15/h4-5,7,16H,3,6,8H2,1-2H3. The first-order valence-corrected chi connectivity index (χ1v) is 5.32. The van der Waals surface area contributed by atoms with Crippen molar-refractivity contribution >= 4 is 0 Å². The second-order valence-electron chi connectivity index (χ2n) is 3.84. The van der Waals surface area contributed by atoms with Crippen LogP contribution in [0.25, 0.3) is 0 Å². The minimum atomic E-state index is -4.27. The van der Waals surface area contributed by atoms with Crippen LogP contribution in [-0.2, 0) is 12.7 Å². The monoisotopic (exact) mass is 231 g/mol. The van der Waals surface area contributed by atoms with Gasteiger partial charge in [-0.25, -0.2) is 0 Å². The molecule has 1 aromatic rings. The van der Waals surface area contributed by atoms with Crippen molar-refractivity contribution in [2.24, 2.45) is 0 Å². The normalized spacial score (nSPS) is 11.8. The van der Waals surface area contributed by atoms with Gasteiger partial charge < -0.3 is 5.32 Å². The van der Waals surface area contributed by atoms with Crippen LogP contribution in [0, 0.1) is 6.92 Å². The number of halogens is 3. The van der Waals surface area contributed by atoms with Crippen LogP contribution < -0.4 is 5.32 Å². The SMILES string of the molecule is CCCNCc1ccc(C)cc1C(F)(F)F. The van der Waals surface area contributed by atoms with E-state index < -0.39 is 11.7 Å². The van der Waals surface area contributed by atoms with Crippen molar-refractivity contribution in [3.05, 3.63) is 34.9 Å². The van der Waals surface area contributed by atoms with E-state index in [0.717, 1.165) is 13.0 Å². The number of hydrogen-bond acceptors (Lipinski definition) is 1. The summed E-state index contributed by atoms with van der Waals surface area (Å²) in [6, 6.07) is 4.45. The average molecular weight is 231 g/mol. The van der Waals surface area contributed by atoms with E-state index in [1.165, 1.54) is 6.07 Å². The molecular formula is C12H16F3N. The molecule has 0 saturated heterocycles. The van der Waals surface area contributed by atoms with Crippen LogP contribution in [0.5, 0.6) is 0 Å². The highest BCUT2D eigenvalue weighted by molar-refractivity contribution is 5.33. The molecule has 1 rings (SSSR count). The highest BCUT2D eigenvalue weighted by Gasteiger charge is 2.32. The average Bonchev–Trinajstić information content (AvgIpc) is 2.19. The third-order valence-electron chi connectivity index (χ3n) is 2.31. The van der Waals surface area contributed by atoms with Crippen molar-refractivity contribution in [3.63, 3.8) is 0 Å². The Bertz CT molecular complexity index is 345. The van der Waals surface area contributed by atoms with E-state index in [-0.39, 0.29) is 6.54 Å². The van der Waals surface area contributed by atoms with E-state index in [4.69, 9.17) is 0 Å². The molecule has 0 atom stereocenters. The summed E-state index contributed by atoms with van der Waals surface area (Å²) in [6.45, 7) is 4.64. The minimum Gasteiger partial charge on any atom is -0.313 e. The molecule has 90 valence electrons. The minimum absolute atomic E-state index is 0.267. The van der Waals surface area contributed by atoms with Crippen LogP contribution >= 0.6 is 0 Å². The fraction of sp³-hybridized carbons (Fsp3) is 0.500. The van der Waals surface area contributed by atoms with Crippen molar-refractivity contribution in [2.45, 2.75) is 33.0 Å². The van der Waals surface area contributed by atoms with Crippen molar-refractivity contribution in [3.8, 4) is 0 Å². The Balaban J connectivity index is 2.90. The van der Waals surface area contributed by atoms with E-state index in [1.54, 1.807) is 19.1 Å². The zero-order valence-corrected chi connectivity index (χ0v) is 9.49. The lowest BCUT2D eigenvalue weighted by Crippen LogP contribution is -2.18. The Labute approximate surface area is 93.7 Å².